The molecule has 0 aliphatic carbocycles. The van der Waals surface area contributed by atoms with Crippen LogP contribution in [0.5, 0.6) is 0 Å². The fraction of sp³-hybridized carbons (Fsp3) is 0.316. The quantitative estimate of drug-likeness (QED) is 0.672. The molecule has 7 heteroatoms. The van der Waals surface area contributed by atoms with E-state index >= 15 is 0 Å². The molecule has 26 heavy (non-hydrogen) atoms. The van der Waals surface area contributed by atoms with Crippen LogP contribution in [0.25, 0.3) is 16.9 Å². The molecule has 1 fully saturated rings. The van der Waals surface area contributed by atoms with E-state index in [1.807, 2.05) is 22.8 Å². The Morgan fingerprint density at radius 1 is 1.31 bits per heavy atom. The minimum absolute atomic E-state index is 0.0854. The number of fused-ring (bicyclic) bond motifs is 1. The molecule has 0 bridgehead atoms. The Balaban J connectivity index is 1.86. The standard InChI is InChI=1S/C19H19N3O4/c1-25-19(24)16-12-21(10-14-8-5-9-26-14)11-15-17(16)20-22(18(15)23)13-6-3-2-4-7-13/h2-4,6-7,11-12,14H,5,8-10H2,1H3/t14-/m1/s1. The number of benzene rings is 1. The molecule has 1 atom stereocenters. The summed E-state index contributed by atoms with van der Waals surface area (Å²) in [6.07, 6.45) is 5.49. The van der Waals surface area contributed by atoms with Crippen LogP contribution in [0.3, 0.4) is 0 Å². The van der Waals surface area contributed by atoms with E-state index in [2.05, 4.69) is 5.10 Å². The lowest BCUT2D eigenvalue weighted by atomic mass is 10.1. The van der Waals surface area contributed by atoms with Gasteiger partial charge in [0, 0.05) is 25.5 Å². The van der Waals surface area contributed by atoms with Gasteiger partial charge in [0.15, 0.2) is 0 Å². The number of carbonyl (C=O) groups excluding carboxylic acids is 1. The number of aromatic nitrogens is 3. The number of pyridine rings is 1. The molecule has 4 rings (SSSR count). The smallest absolute Gasteiger partial charge is 0.341 e. The van der Waals surface area contributed by atoms with Crippen LogP contribution in [-0.2, 0) is 16.0 Å². The number of carbonyl (C=O) groups is 1. The van der Waals surface area contributed by atoms with Crippen molar-refractivity contribution < 1.29 is 14.3 Å². The van der Waals surface area contributed by atoms with Gasteiger partial charge in [-0.25, -0.2) is 4.79 Å². The zero-order chi connectivity index (χ0) is 18.1. The molecular formula is C19H19N3O4. The molecule has 0 aromatic heterocycles. The number of methoxy groups -OCH3 is 1. The number of ether oxygens (including phenoxy) is 2. The van der Waals surface area contributed by atoms with Crippen LogP contribution in [0.15, 0.2) is 47.5 Å². The van der Waals surface area contributed by atoms with E-state index in [1.54, 1.807) is 24.5 Å². The van der Waals surface area contributed by atoms with Gasteiger partial charge in [0.25, 0.3) is 5.56 Å². The van der Waals surface area contributed by atoms with Crippen molar-refractivity contribution in [3.63, 3.8) is 0 Å². The van der Waals surface area contributed by atoms with Gasteiger partial charge >= 0.3 is 5.97 Å². The summed E-state index contributed by atoms with van der Waals surface area (Å²) in [4.78, 5) is 25.1. The summed E-state index contributed by atoms with van der Waals surface area (Å²) in [5.41, 5.74) is 1.38. The highest BCUT2D eigenvalue weighted by atomic mass is 16.5. The molecule has 3 aliphatic rings. The first kappa shape index (κ1) is 16.5. The first-order chi connectivity index (χ1) is 12.7. The van der Waals surface area contributed by atoms with Crippen molar-refractivity contribution in [3.05, 3.63) is 58.6 Å². The van der Waals surface area contributed by atoms with E-state index in [4.69, 9.17) is 9.47 Å². The second-order valence-corrected chi connectivity index (χ2v) is 6.31. The lowest BCUT2D eigenvalue weighted by Crippen LogP contribution is -2.19. The van der Waals surface area contributed by atoms with Gasteiger partial charge in [0.05, 0.1) is 24.5 Å². The number of para-hydroxylation sites is 1. The Hall–Kier alpha value is -2.93. The predicted octanol–water partition coefficient (Wildman–Crippen LogP) is 2.10. The molecule has 1 aromatic carbocycles. The van der Waals surface area contributed by atoms with E-state index < -0.39 is 5.97 Å². The Morgan fingerprint density at radius 3 is 2.81 bits per heavy atom. The first-order valence-electron chi connectivity index (χ1n) is 8.55. The molecule has 134 valence electrons. The largest absolute Gasteiger partial charge is 0.465 e. The molecule has 1 aromatic rings. The topological polar surface area (TPSA) is 75.3 Å². The van der Waals surface area contributed by atoms with Crippen molar-refractivity contribution in [2.45, 2.75) is 25.5 Å². The number of rotatable bonds is 4. The summed E-state index contributed by atoms with van der Waals surface area (Å²) in [6, 6.07) is 9.13. The monoisotopic (exact) mass is 353 g/mol. The average molecular weight is 353 g/mol. The second kappa shape index (κ2) is 6.76. The van der Waals surface area contributed by atoms with E-state index in [9.17, 15) is 9.59 Å². The fourth-order valence-electron chi connectivity index (χ4n) is 3.29. The van der Waals surface area contributed by atoms with Gasteiger partial charge in [0.1, 0.15) is 11.3 Å². The average Bonchev–Trinajstić information content (AvgIpc) is 3.30. The van der Waals surface area contributed by atoms with Crippen LogP contribution in [0.2, 0.25) is 0 Å². The fourth-order valence-corrected chi connectivity index (χ4v) is 3.29. The molecule has 0 spiro atoms. The van der Waals surface area contributed by atoms with E-state index in [0.29, 0.717) is 23.5 Å². The van der Waals surface area contributed by atoms with Gasteiger partial charge in [0.2, 0.25) is 0 Å². The summed E-state index contributed by atoms with van der Waals surface area (Å²) in [6.45, 7) is 1.33. The van der Waals surface area contributed by atoms with Crippen LogP contribution in [0.4, 0.5) is 0 Å². The van der Waals surface area contributed by atoms with Gasteiger partial charge in [-0.1, -0.05) is 18.2 Å². The minimum Gasteiger partial charge on any atom is -0.465 e. The highest BCUT2D eigenvalue weighted by Gasteiger charge is 2.26. The molecule has 7 nitrogen and oxygen atoms in total. The van der Waals surface area contributed by atoms with E-state index in [0.717, 1.165) is 19.4 Å². The zero-order valence-electron chi connectivity index (χ0n) is 14.4. The van der Waals surface area contributed by atoms with Gasteiger partial charge in [-0.3, -0.25) is 4.79 Å². The zero-order valence-corrected chi connectivity index (χ0v) is 14.4. The molecule has 0 amide bonds. The maximum atomic E-state index is 12.9. The molecule has 0 N–H and O–H groups in total. The summed E-state index contributed by atoms with van der Waals surface area (Å²) in [5.74, 6) is -0.519. The molecule has 3 aliphatic heterocycles. The van der Waals surface area contributed by atoms with Crippen LogP contribution >= 0.6 is 0 Å². The lowest BCUT2D eigenvalue weighted by molar-refractivity contribution is 0.0598. The number of esters is 1. The number of hydrogen-bond donors (Lipinski definition) is 0. The normalized spacial score (nSPS) is 16.9. The summed E-state index contributed by atoms with van der Waals surface area (Å²) >= 11 is 0. The van der Waals surface area contributed by atoms with Gasteiger partial charge in [-0.2, -0.15) is 9.78 Å². The van der Waals surface area contributed by atoms with Crippen molar-refractivity contribution in [2.75, 3.05) is 13.7 Å². The summed E-state index contributed by atoms with van der Waals surface area (Å²) in [5, 5.41) is 4.38. The molecule has 0 saturated carbocycles. The molecular weight excluding hydrogens is 334 g/mol. The highest BCUT2D eigenvalue weighted by Crippen LogP contribution is 2.24. The summed E-state index contributed by atoms with van der Waals surface area (Å²) in [7, 11) is 1.32. The molecule has 3 heterocycles. The summed E-state index contributed by atoms with van der Waals surface area (Å²) < 4.78 is 13.7. The SMILES string of the molecule is COC(=O)c1cn(C[C@H]2CCCO2)cc2c(=O)n(-c3ccccc3)nc1-2. The maximum Gasteiger partial charge on any atom is 0.341 e. The third-order valence-corrected chi connectivity index (χ3v) is 4.57. The van der Waals surface area contributed by atoms with Crippen LogP contribution in [0, 0.1) is 0 Å². The first-order valence-corrected chi connectivity index (χ1v) is 8.55. The third kappa shape index (κ3) is 2.90. The Morgan fingerprint density at radius 2 is 2.12 bits per heavy atom. The third-order valence-electron chi connectivity index (χ3n) is 4.57. The minimum atomic E-state index is -0.519. The van der Waals surface area contributed by atoms with E-state index in [1.165, 1.54) is 11.8 Å². The Kier molecular flexibility index (Phi) is 4.30. The maximum absolute atomic E-state index is 12.9. The second-order valence-electron chi connectivity index (χ2n) is 6.31. The van der Waals surface area contributed by atoms with Crippen molar-refractivity contribution in [3.8, 4) is 16.9 Å². The van der Waals surface area contributed by atoms with Crippen LogP contribution in [0.1, 0.15) is 23.2 Å². The van der Waals surface area contributed by atoms with Gasteiger partial charge in [-0.05, 0) is 25.0 Å². The van der Waals surface area contributed by atoms with Crippen LogP contribution in [-0.4, -0.2) is 40.1 Å². The van der Waals surface area contributed by atoms with Gasteiger partial charge < -0.3 is 14.0 Å². The predicted molar refractivity (Wildman–Crippen MR) is 94.8 cm³/mol. The van der Waals surface area contributed by atoms with Crippen molar-refractivity contribution in [2.24, 2.45) is 0 Å². The van der Waals surface area contributed by atoms with Crippen molar-refractivity contribution in [1.29, 1.82) is 0 Å². The Labute approximate surface area is 150 Å². The molecule has 1 saturated heterocycles. The van der Waals surface area contributed by atoms with Crippen molar-refractivity contribution in [1.82, 2.24) is 14.3 Å². The molecule has 0 unspecified atom stereocenters. The van der Waals surface area contributed by atoms with E-state index in [-0.39, 0.29) is 17.2 Å². The lowest BCUT2D eigenvalue weighted by Gasteiger charge is -2.15. The van der Waals surface area contributed by atoms with Crippen LogP contribution < -0.4 is 5.56 Å². The molecule has 0 radical (unpaired) electrons. The van der Waals surface area contributed by atoms with Gasteiger partial charge in [-0.15, -0.1) is 0 Å². The number of hydrogen-bond acceptors (Lipinski definition) is 5. The van der Waals surface area contributed by atoms with Crippen molar-refractivity contribution >= 4 is 5.97 Å². The Bertz CT molecular complexity index is 955. The number of nitrogens with zero attached hydrogens (tertiary/aromatic N) is 3. The highest BCUT2D eigenvalue weighted by molar-refractivity contribution is 5.96.